The highest BCUT2D eigenvalue weighted by molar-refractivity contribution is 6.03. The summed E-state index contributed by atoms with van der Waals surface area (Å²) >= 11 is 0. The predicted molar refractivity (Wildman–Crippen MR) is 63.7 cm³/mol. The smallest absolute Gasteiger partial charge is 0.334 e. The van der Waals surface area contributed by atoms with Gasteiger partial charge < -0.3 is 19.6 Å². The van der Waals surface area contributed by atoms with Crippen molar-refractivity contribution in [3.05, 3.63) is 0 Å². The molecule has 9 heteroatoms. The second-order valence-electron chi connectivity index (χ2n) is 4.64. The van der Waals surface area contributed by atoms with Crippen LogP contribution in [0, 0.1) is 0 Å². The fraction of sp³-hybridized carbons (Fsp3) is 0.636. The minimum Gasteiger partial charge on any atom is -0.479 e. The molecule has 0 aliphatic carbocycles. The van der Waals surface area contributed by atoms with Crippen LogP contribution in [-0.2, 0) is 19.1 Å². The summed E-state index contributed by atoms with van der Waals surface area (Å²) in [7, 11) is 0. The van der Waals surface area contributed by atoms with Gasteiger partial charge in [-0.1, -0.05) is 0 Å². The van der Waals surface area contributed by atoms with Crippen LogP contribution < -0.4 is 5.32 Å². The number of rotatable bonds is 1. The molecule has 0 aromatic rings. The number of nitrogens with one attached hydrogen (secondary N) is 1. The average Bonchev–Trinajstić information content (AvgIpc) is 2.42. The molecule has 4 amide bonds. The Morgan fingerprint density at radius 1 is 1.40 bits per heavy atom. The molecule has 2 aliphatic heterocycles. The molecule has 0 radical (unpaired) electrons. The zero-order chi connectivity index (χ0) is 14.9. The van der Waals surface area contributed by atoms with Crippen LogP contribution in [-0.4, -0.2) is 77.1 Å². The maximum absolute atomic E-state index is 12.3. The number of imide groups is 1. The van der Waals surface area contributed by atoms with Crippen molar-refractivity contribution in [1.29, 1.82) is 0 Å². The van der Waals surface area contributed by atoms with Crippen molar-refractivity contribution < 1.29 is 29.0 Å². The topological polar surface area (TPSA) is 116 Å². The number of amides is 4. The molecule has 0 spiro atoms. The summed E-state index contributed by atoms with van der Waals surface area (Å²) in [6.07, 6.45) is -1.09. The Morgan fingerprint density at radius 3 is 2.75 bits per heavy atom. The highest BCUT2D eigenvalue weighted by Crippen LogP contribution is 2.13. The Hall–Kier alpha value is -2.16. The van der Waals surface area contributed by atoms with Gasteiger partial charge in [-0.3, -0.25) is 14.9 Å². The summed E-state index contributed by atoms with van der Waals surface area (Å²) in [4.78, 5) is 48.4. The van der Waals surface area contributed by atoms with Gasteiger partial charge >= 0.3 is 12.0 Å². The van der Waals surface area contributed by atoms with E-state index in [9.17, 15) is 19.2 Å². The van der Waals surface area contributed by atoms with Gasteiger partial charge in [-0.25, -0.2) is 9.59 Å². The number of piperazine rings is 1. The van der Waals surface area contributed by atoms with E-state index >= 15 is 0 Å². The van der Waals surface area contributed by atoms with E-state index in [0.29, 0.717) is 0 Å². The molecular weight excluding hydrogens is 270 g/mol. The van der Waals surface area contributed by atoms with Crippen molar-refractivity contribution in [1.82, 2.24) is 15.1 Å². The molecule has 0 aromatic carbocycles. The van der Waals surface area contributed by atoms with Crippen LogP contribution in [0.4, 0.5) is 4.79 Å². The molecule has 2 N–H and O–H groups in total. The Balaban J connectivity index is 2.08. The van der Waals surface area contributed by atoms with Gasteiger partial charge in [0.2, 0.25) is 11.8 Å². The van der Waals surface area contributed by atoms with Crippen molar-refractivity contribution in [2.75, 3.05) is 26.2 Å². The standard InChI is InChI=1S/C11H15N3O6/c1-6-9(16)12-8(15)5-14(6)11(19)13-2-3-20-7(4-13)10(17)18/h6-7H,2-5H2,1H3,(H,17,18)(H,12,15,16). The lowest BCUT2D eigenvalue weighted by Crippen LogP contribution is -2.62. The monoisotopic (exact) mass is 285 g/mol. The van der Waals surface area contributed by atoms with E-state index in [-0.39, 0.29) is 26.2 Å². The SMILES string of the molecule is CC1C(=O)NC(=O)CN1C(=O)N1CCOC(C(=O)O)C1. The third-order valence-corrected chi connectivity index (χ3v) is 3.28. The van der Waals surface area contributed by atoms with Crippen LogP contribution in [0.15, 0.2) is 0 Å². The van der Waals surface area contributed by atoms with Gasteiger partial charge in [0.25, 0.3) is 0 Å². The largest absolute Gasteiger partial charge is 0.479 e. The lowest BCUT2D eigenvalue weighted by atomic mass is 10.2. The molecule has 110 valence electrons. The van der Waals surface area contributed by atoms with Gasteiger partial charge in [0, 0.05) is 6.54 Å². The normalized spacial score (nSPS) is 27.2. The predicted octanol–water partition coefficient (Wildman–Crippen LogP) is -1.76. The van der Waals surface area contributed by atoms with Gasteiger partial charge in [0.05, 0.1) is 13.2 Å². The molecule has 0 aromatic heterocycles. The first kappa shape index (κ1) is 14.3. The second-order valence-corrected chi connectivity index (χ2v) is 4.64. The van der Waals surface area contributed by atoms with Crippen molar-refractivity contribution in [2.45, 2.75) is 19.1 Å². The number of ether oxygens (including phenoxy) is 1. The van der Waals surface area contributed by atoms with Crippen LogP contribution in [0.5, 0.6) is 0 Å². The first-order valence-electron chi connectivity index (χ1n) is 6.14. The Morgan fingerprint density at radius 2 is 2.10 bits per heavy atom. The third kappa shape index (κ3) is 2.72. The van der Waals surface area contributed by atoms with Crippen molar-refractivity contribution in [2.24, 2.45) is 0 Å². The number of morpholine rings is 1. The molecule has 20 heavy (non-hydrogen) atoms. The molecule has 2 aliphatic rings. The first-order valence-corrected chi connectivity index (χ1v) is 6.14. The van der Waals surface area contributed by atoms with Crippen molar-refractivity contribution in [3.63, 3.8) is 0 Å². The lowest BCUT2D eigenvalue weighted by Gasteiger charge is -2.38. The molecule has 2 unspecified atom stereocenters. The minimum atomic E-state index is -1.15. The van der Waals surface area contributed by atoms with E-state index in [1.807, 2.05) is 0 Å². The van der Waals surface area contributed by atoms with E-state index in [1.54, 1.807) is 0 Å². The Labute approximate surface area is 114 Å². The fourth-order valence-corrected chi connectivity index (χ4v) is 2.10. The number of hydrogen-bond acceptors (Lipinski definition) is 5. The van der Waals surface area contributed by atoms with Crippen LogP contribution in [0.3, 0.4) is 0 Å². The average molecular weight is 285 g/mol. The van der Waals surface area contributed by atoms with Gasteiger partial charge in [0.1, 0.15) is 12.6 Å². The lowest BCUT2D eigenvalue weighted by molar-refractivity contribution is -0.155. The van der Waals surface area contributed by atoms with E-state index in [2.05, 4.69) is 5.32 Å². The van der Waals surface area contributed by atoms with Gasteiger partial charge in [0.15, 0.2) is 6.10 Å². The summed E-state index contributed by atoms with van der Waals surface area (Å²) in [5, 5.41) is 11.0. The number of urea groups is 1. The van der Waals surface area contributed by atoms with Gasteiger partial charge in [-0.2, -0.15) is 0 Å². The maximum Gasteiger partial charge on any atom is 0.334 e. The number of carbonyl (C=O) groups is 4. The number of hydrogen-bond donors (Lipinski definition) is 2. The molecule has 2 atom stereocenters. The number of carboxylic acids is 1. The highest BCUT2D eigenvalue weighted by atomic mass is 16.5. The van der Waals surface area contributed by atoms with Gasteiger partial charge in [-0.15, -0.1) is 0 Å². The first-order chi connectivity index (χ1) is 9.40. The fourth-order valence-electron chi connectivity index (χ4n) is 2.10. The zero-order valence-corrected chi connectivity index (χ0v) is 10.9. The molecule has 2 rings (SSSR count). The molecule has 9 nitrogen and oxygen atoms in total. The van der Waals surface area contributed by atoms with E-state index in [0.717, 1.165) is 4.90 Å². The Kier molecular flexibility index (Phi) is 3.89. The summed E-state index contributed by atoms with van der Waals surface area (Å²) in [6.45, 7) is 1.51. The minimum absolute atomic E-state index is 0.102. The second kappa shape index (κ2) is 5.45. The molecule has 0 saturated carbocycles. The highest BCUT2D eigenvalue weighted by Gasteiger charge is 2.38. The molecule has 2 saturated heterocycles. The number of nitrogens with zero attached hydrogens (tertiary/aromatic N) is 2. The third-order valence-electron chi connectivity index (χ3n) is 3.28. The molecular formula is C11H15N3O6. The van der Waals surface area contributed by atoms with Crippen LogP contribution in [0.1, 0.15) is 6.92 Å². The van der Waals surface area contributed by atoms with E-state index in [1.165, 1.54) is 11.8 Å². The molecule has 2 fully saturated rings. The number of carboxylic acid groups (broad SMARTS) is 1. The maximum atomic E-state index is 12.3. The van der Waals surface area contributed by atoms with E-state index < -0.39 is 36.0 Å². The molecule has 2 heterocycles. The van der Waals surface area contributed by atoms with Gasteiger partial charge in [-0.05, 0) is 6.92 Å². The van der Waals surface area contributed by atoms with Crippen LogP contribution in [0.25, 0.3) is 0 Å². The summed E-state index contributed by atoms with van der Waals surface area (Å²) in [5.74, 6) is -2.25. The molecule has 0 bridgehead atoms. The van der Waals surface area contributed by atoms with Crippen molar-refractivity contribution in [3.8, 4) is 0 Å². The van der Waals surface area contributed by atoms with Crippen LogP contribution in [0.2, 0.25) is 0 Å². The quantitative estimate of drug-likeness (QED) is 0.551. The number of aliphatic carboxylic acids is 1. The van der Waals surface area contributed by atoms with Crippen LogP contribution >= 0.6 is 0 Å². The Bertz CT molecular complexity index is 465. The van der Waals surface area contributed by atoms with Crippen molar-refractivity contribution >= 4 is 23.8 Å². The van der Waals surface area contributed by atoms with E-state index in [4.69, 9.17) is 9.84 Å². The summed E-state index contributed by atoms with van der Waals surface area (Å²) in [6, 6.07) is -1.30. The summed E-state index contributed by atoms with van der Waals surface area (Å²) in [5.41, 5.74) is 0. The zero-order valence-electron chi connectivity index (χ0n) is 10.9. The summed E-state index contributed by atoms with van der Waals surface area (Å²) < 4.78 is 5.02. The number of carbonyl (C=O) groups excluding carboxylic acids is 3.